The first-order valence-electron chi connectivity index (χ1n) is 11.9. The molecule has 0 unspecified atom stereocenters. The van der Waals surface area contributed by atoms with Crippen molar-refractivity contribution in [3.05, 3.63) is 102 Å². The molecular formula is C27H26F3N5O2S. The lowest BCUT2D eigenvalue weighted by Gasteiger charge is -2.23. The third-order valence-electron chi connectivity index (χ3n) is 5.83. The van der Waals surface area contributed by atoms with Crippen LogP contribution in [0.4, 0.5) is 24.8 Å². The molecule has 0 aliphatic rings. The number of hydrogen-bond acceptors (Lipinski definition) is 6. The van der Waals surface area contributed by atoms with Gasteiger partial charge in [0.05, 0.1) is 5.69 Å². The van der Waals surface area contributed by atoms with Crippen LogP contribution in [-0.4, -0.2) is 35.4 Å². The molecule has 0 aliphatic carbocycles. The van der Waals surface area contributed by atoms with Gasteiger partial charge in [0.2, 0.25) is 5.95 Å². The highest BCUT2D eigenvalue weighted by Crippen LogP contribution is 2.25. The number of sulfonamides is 1. The fourth-order valence-corrected chi connectivity index (χ4v) is 4.24. The zero-order valence-electron chi connectivity index (χ0n) is 20.6. The van der Waals surface area contributed by atoms with E-state index in [-0.39, 0.29) is 5.69 Å². The number of nitrogens with one attached hydrogen (secondary N) is 1. The Morgan fingerprint density at radius 1 is 0.816 bits per heavy atom. The Balaban J connectivity index is 1.48. The Kier molecular flexibility index (Phi) is 8.26. The van der Waals surface area contributed by atoms with E-state index < -0.39 is 15.5 Å². The highest BCUT2D eigenvalue weighted by atomic mass is 32.2. The lowest BCUT2D eigenvalue weighted by Crippen LogP contribution is -2.29. The zero-order chi connectivity index (χ0) is 27.2. The van der Waals surface area contributed by atoms with E-state index in [0.29, 0.717) is 25.5 Å². The third-order valence-corrected chi connectivity index (χ3v) is 6.95. The van der Waals surface area contributed by atoms with Gasteiger partial charge in [0, 0.05) is 42.9 Å². The normalized spacial score (nSPS) is 11.8. The van der Waals surface area contributed by atoms with Crippen molar-refractivity contribution in [2.75, 3.05) is 16.2 Å². The fourth-order valence-electron chi connectivity index (χ4n) is 3.68. The van der Waals surface area contributed by atoms with Crippen molar-refractivity contribution in [2.45, 2.75) is 31.8 Å². The molecule has 4 aromatic rings. The lowest BCUT2D eigenvalue weighted by atomic mass is 10.1. The predicted octanol–water partition coefficient (Wildman–Crippen LogP) is 5.61. The van der Waals surface area contributed by atoms with E-state index in [1.165, 1.54) is 12.1 Å². The Bertz CT molecular complexity index is 1430. The van der Waals surface area contributed by atoms with Crippen molar-refractivity contribution >= 4 is 21.7 Å². The summed E-state index contributed by atoms with van der Waals surface area (Å²) in [6, 6.07) is 19.6. The number of nitrogens with zero attached hydrogens (tertiary/aromatic N) is 4. The van der Waals surface area contributed by atoms with Gasteiger partial charge in [-0.2, -0.15) is 21.6 Å². The summed E-state index contributed by atoms with van der Waals surface area (Å²) in [7, 11) is -5.47. The van der Waals surface area contributed by atoms with Gasteiger partial charge in [-0.15, -0.1) is 0 Å². The molecule has 38 heavy (non-hydrogen) atoms. The number of aromatic nitrogens is 3. The van der Waals surface area contributed by atoms with E-state index in [9.17, 15) is 21.6 Å². The summed E-state index contributed by atoms with van der Waals surface area (Å²) >= 11 is 0. The van der Waals surface area contributed by atoms with Crippen LogP contribution < -0.4 is 9.62 Å². The maximum atomic E-state index is 12.6. The summed E-state index contributed by atoms with van der Waals surface area (Å²) in [4.78, 5) is 15.6. The van der Waals surface area contributed by atoms with Crippen LogP contribution in [0, 0.1) is 0 Å². The minimum Gasteiger partial charge on any atom is -0.336 e. The molecule has 0 radical (unpaired) electrons. The number of hydrogen-bond donors (Lipinski definition) is 1. The molecule has 0 spiro atoms. The van der Waals surface area contributed by atoms with E-state index in [0.717, 1.165) is 34.4 Å². The molecule has 2 aromatic heterocycles. The largest absolute Gasteiger partial charge is 0.516 e. The highest BCUT2D eigenvalue weighted by molar-refractivity contribution is 7.93. The van der Waals surface area contributed by atoms with Crippen molar-refractivity contribution < 1.29 is 21.6 Å². The zero-order valence-corrected chi connectivity index (χ0v) is 21.4. The van der Waals surface area contributed by atoms with Crippen LogP contribution in [0.25, 0.3) is 11.3 Å². The molecule has 0 fully saturated rings. The topological polar surface area (TPSA) is 88.1 Å². The van der Waals surface area contributed by atoms with Gasteiger partial charge in [0.1, 0.15) is 0 Å². The van der Waals surface area contributed by atoms with Crippen molar-refractivity contribution in [3.8, 4) is 11.3 Å². The van der Waals surface area contributed by atoms with Gasteiger partial charge in [-0.05, 0) is 47.7 Å². The second kappa shape index (κ2) is 11.6. The molecule has 2 aromatic carbocycles. The van der Waals surface area contributed by atoms with E-state index in [2.05, 4.69) is 15.0 Å². The van der Waals surface area contributed by atoms with Crippen molar-refractivity contribution in [1.82, 2.24) is 15.0 Å². The SMILES string of the molecule is CCc1cnc(N(CCc2ccc(NS(=O)(=O)C(F)(F)F)cc2)Cc2ccc(-c3ccccc3)nc2)nc1. The predicted molar refractivity (Wildman–Crippen MR) is 141 cm³/mol. The maximum Gasteiger partial charge on any atom is 0.516 e. The molecule has 1 N–H and O–H groups in total. The van der Waals surface area contributed by atoms with Gasteiger partial charge in [-0.1, -0.05) is 55.5 Å². The van der Waals surface area contributed by atoms with Crippen LogP contribution in [0.2, 0.25) is 0 Å². The number of aryl methyl sites for hydroxylation is 1. The molecular weight excluding hydrogens is 515 g/mol. The second-order valence-electron chi connectivity index (χ2n) is 8.58. The Morgan fingerprint density at radius 2 is 1.45 bits per heavy atom. The molecule has 4 rings (SSSR count). The average Bonchev–Trinajstić information content (AvgIpc) is 2.92. The van der Waals surface area contributed by atoms with Gasteiger partial charge < -0.3 is 4.90 Å². The monoisotopic (exact) mass is 541 g/mol. The first-order valence-corrected chi connectivity index (χ1v) is 13.4. The minimum absolute atomic E-state index is 0.161. The number of rotatable bonds is 10. The van der Waals surface area contributed by atoms with Crippen LogP contribution in [-0.2, 0) is 29.4 Å². The molecule has 0 amide bonds. The molecule has 0 aliphatic heterocycles. The molecule has 198 valence electrons. The minimum atomic E-state index is -5.47. The Hall–Kier alpha value is -3.99. The molecule has 11 heteroatoms. The average molecular weight is 542 g/mol. The summed E-state index contributed by atoms with van der Waals surface area (Å²) in [6.07, 6.45) is 6.73. The number of benzene rings is 2. The fraction of sp³-hybridized carbons (Fsp3) is 0.222. The van der Waals surface area contributed by atoms with Crippen LogP contribution in [0.15, 0.2) is 85.3 Å². The van der Waals surface area contributed by atoms with Crippen molar-refractivity contribution in [2.24, 2.45) is 0 Å². The van der Waals surface area contributed by atoms with E-state index >= 15 is 0 Å². The summed E-state index contributed by atoms with van der Waals surface area (Å²) in [5.41, 5.74) is -0.864. The summed E-state index contributed by atoms with van der Waals surface area (Å²) in [5, 5.41) is 0. The summed E-state index contributed by atoms with van der Waals surface area (Å²) in [5.74, 6) is 0.545. The molecule has 7 nitrogen and oxygen atoms in total. The van der Waals surface area contributed by atoms with Gasteiger partial charge in [0.15, 0.2) is 0 Å². The molecule has 0 bridgehead atoms. The standard InChI is InChI=1S/C27H26F3N5O2S/c1-2-20-16-32-26(33-17-20)35(19-22-10-13-25(31-18-22)23-6-4-3-5-7-23)15-14-21-8-11-24(12-9-21)34-38(36,37)27(28,29)30/h3-13,16-18,34H,2,14-15,19H2,1H3. The first kappa shape index (κ1) is 27.1. The van der Waals surface area contributed by atoms with E-state index in [1.54, 1.807) is 29.2 Å². The molecule has 2 heterocycles. The Morgan fingerprint density at radius 3 is 2.03 bits per heavy atom. The lowest BCUT2D eigenvalue weighted by molar-refractivity contribution is -0.0429. The van der Waals surface area contributed by atoms with Gasteiger partial charge in [-0.3, -0.25) is 9.71 Å². The molecule has 0 atom stereocenters. The number of alkyl halides is 3. The molecule has 0 saturated heterocycles. The molecule has 0 saturated carbocycles. The highest BCUT2D eigenvalue weighted by Gasteiger charge is 2.46. The quantitative estimate of drug-likeness (QED) is 0.281. The van der Waals surface area contributed by atoms with E-state index in [4.69, 9.17) is 0 Å². The van der Waals surface area contributed by atoms with Crippen LogP contribution >= 0.6 is 0 Å². The van der Waals surface area contributed by atoms with Gasteiger partial charge in [-0.25, -0.2) is 9.97 Å². The van der Waals surface area contributed by atoms with Gasteiger partial charge in [0.25, 0.3) is 0 Å². The Labute approximate surface area is 219 Å². The summed E-state index contributed by atoms with van der Waals surface area (Å²) in [6.45, 7) is 3.03. The van der Waals surface area contributed by atoms with Crippen LogP contribution in [0.1, 0.15) is 23.6 Å². The number of pyridine rings is 1. The van der Waals surface area contributed by atoms with Gasteiger partial charge >= 0.3 is 15.5 Å². The number of anilines is 2. The smallest absolute Gasteiger partial charge is 0.336 e. The third kappa shape index (κ3) is 6.86. The first-order chi connectivity index (χ1) is 18.1. The van der Waals surface area contributed by atoms with Crippen LogP contribution in [0.5, 0.6) is 0 Å². The van der Waals surface area contributed by atoms with Crippen LogP contribution in [0.3, 0.4) is 0 Å². The van der Waals surface area contributed by atoms with E-state index in [1.807, 2.05) is 60.5 Å². The maximum absolute atomic E-state index is 12.6. The van der Waals surface area contributed by atoms with Crippen molar-refractivity contribution in [1.29, 1.82) is 0 Å². The summed E-state index contributed by atoms with van der Waals surface area (Å²) < 4.78 is 62.1. The van der Waals surface area contributed by atoms with Crippen molar-refractivity contribution in [3.63, 3.8) is 0 Å². The second-order valence-corrected chi connectivity index (χ2v) is 10.3. The number of halogens is 3.